The molecule has 0 heterocycles. The molecule has 34 heavy (non-hydrogen) atoms. The number of hydrogen-bond acceptors (Lipinski definition) is 5. The lowest BCUT2D eigenvalue weighted by Gasteiger charge is -2.50. The molecule has 0 saturated heterocycles. The van der Waals surface area contributed by atoms with Gasteiger partial charge in [-0.05, 0) is 11.1 Å². The topological polar surface area (TPSA) is 79.2 Å². The van der Waals surface area contributed by atoms with Crippen molar-refractivity contribution in [3.63, 3.8) is 0 Å². The van der Waals surface area contributed by atoms with E-state index in [9.17, 15) is 15.3 Å². The van der Waals surface area contributed by atoms with Crippen LogP contribution in [0.5, 0.6) is 0 Å². The van der Waals surface area contributed by atoms with Gasteiger partial charge in [-0.1, -0.05) is 109 Å². The quantitative estimate of drug-likeness (QED) is 0.433. The highest BCUT2D eigenvalue weighted by Gasteiger charge is 2.56. The Labute approximate surface area is 202 Å². The molecule has 1 aliphatic rings. The molecule has 0 aromatic heterocycles. The lowest BCUT2D eigenvalue weighted by atomic mass is 9.86. The predicted molar refractivity (Wildman–Crippen MR) is 135 cm³/mol. The maximum Gasteiger partial charge on any atom is 0.115 e. The minimum Gasteiger partial charge on any atom is -0.390 e. The summed E-state index contributed by atoms with van der Waals surface area (Å²) in [6.07, 6.45) is -4.97. The molecule has 0 radical (unpaired) electrons. The first-order valence-corrected chi connectivity index (χ1v) is 14.9. The van der Waals surface area contributed by atoms with Crippen LogP contribution in [-0.2, 0) is 22.7 Å². The Morgan fingerprint density at radius 3 is 1.47 bits per heavy atom. The average Bonchev–Trinajstić information content (AvgIpc) is 2.86. The van der Waals surface area contributed by atoms with E-state index in [1.165, 1.54) is 0 Å². The maximum atomic E-state index is 11.6. The van der Waals surface area contributed by atoms with Crippen molar-refractivity contribution < 1.29 is 24.8 Å². The highest BCUT2D eigenvalue weighted by Crippen LogP contribution is 2.40. The van der Waals surface area contributed by atoms with Crippen LogP contribution >= 0.6 is 0 Å². The van der Waals surface area contributed by atoms with Crippen LogP contribution in [0, 0.1) is 0 Å². The Kier molecular flexibility index (Phi) is 7.98. The summed E-state index contributed by atoms with van der Waals surface area (Å²) in [5.74, 6) is 0. The van der Waals surface area contributed by atoms with Gasteiger partial charge in [0.05, 0.1) is 33.5 Å². The minimum atomic E-state index is -2.41. The molecule has 4 rings (SSSR count). The SMILES string of the molecule is C[Si](C)(c1ccccc1)[C@H]1[C@H](O)[C@H](O)[C@@H](OCc2ccccc2)[C@H](OCc2ccccc2)[C@H]1O. The second kappa shape index (κ2) is 10.9. The van der Waals surface area contributed by atoms with Gasteiger partial charge in [0.25, 0.3) is 0 Å². The molecule has 0 bridgehead atoms. The highest BCUT2D eigenvalue weighted by atomic mass is 28.3. The van der Waals surface area contributed by atoms with Crippen LogP contribution in [0.1, 0.15) is 11.1 Å². The van der Waals surface area contributed by atoms with Crippen LogP contribution in [0.25, 0.3) is 0 Å². The molecule has 0 unspecified atom stereocenters. The molecule has 3 N–H and O–H groups in total. The van der Waals surface area contributed by atoms with Crippen LogP contribution in [0.15, 0.2) is 91.0 Å². The molecule has 180 valence electrons. The van der Waals surface area contributed by atoms with Crippen molar-refractivity contribution in [1.29, 1.82) is 0 Å². The van der Waals surface area contributed by atoms with E-state index in [2.05, 4.69) is 13.1 Å². The van der Waals surface area contributed by atoms with Gasteiger partial charge in [0, 0.05) is 5.54 Å². The van der Waals surface area contributed by atoms with Crippen LogP contribution in [0.2, 0.25) is 18.6 Å². The lowest BCUT2D eigenvalue weighted by Crippen LogP contribution is -2.67. The van der Waals surface area contributed by atoms with E-state index in [0.717, 1.165) is 16.3 Å². The van der Waals surface area contributed by atoms with E-state index in [1.807, 2.05) is 91.0 Å². The normalized spacial score (nSPS) is 27.4. The molecule has 6 atom stereocenters. The molecule has 0 amide bonds. The van der Waals surface area contributed by atoms with Crippen molar-refractivity contribution in [2.45, 2.75) is 62.4 Å². The summed E-state index contributed by atoms with van der Waals surface area (Å²) in [7, 11) is -2.41. The van der Waals surface area contributed by atoms with Gasteiger partial charge in [-0.2, -0.15) is 0 Å². The van der Waals surface area contributed by atoms with Crippen molar-refractivity contribution in [3.8, 4) is 0 Å². The molecule has 0 spiro atoms. The van der Waals surface area contributed by atoms with Crippen molar-refractivity contribution in [2.75, 3.05) is 0 Å². The Morgan fingerprint density at radius 1 is 0.588 bits per heavy atom. The molecular weight excluding hydrogens is 444 g/mol. The fourth-order valence-electron chi connectivity index (χ4n) is 5.04. The molecule has 5 nitrogen and oxygen atoms in total. The summed E-state index contributed by atoms with van der Waals surface area (Å²) in [6, 6.07) is 29.4. The second-order valence-corrected chi connectivity index (χ2v) is 14.3. The predicted octanol–water partition coefficient (Wildman–Crippen LogP) is 3.24. The van der Waals surface area contributed by atoms with Gasteiger partial charge < -0.3 is 24.8 Å². The fourth-order valence-corrected chi connectivity index (χ4v) is 8.57. The zero-order valence-corrected chi connectivity index (χ0v) is 20.7. The van der Waals surface area contributed by atoms with Crippen LogP contribution in [0.4, 0.5) is 0 Å². The van der Waals surface area contributed by atoms with Crippen molar-refractivity contribution >= 4 is 13.3 Å². The zero-order valence-electron chi connectivity index (χ0n) is 19.7. The van der Waals surface area contributed by atoms with Crippen molar-refractivity contribution in [3.05, 3.63) is 102 Å². The number of hydrogen-bond donors (Lipinski definition) is 3. The molecule has 1 aliphatic carbocycles. The highest BCUT2D eigenvalue weighted by molar-refractivity contribution is 6.91. The summed E-state index contributed by atoms with van der Waals surface area (Å²) in [6.45, 7) is 4.76. The monoisotopic (exact) mass is 478 g/mol. The van der Waals surface area contributed by atoms with Gasteiger partial charge in [-0.3, -0.25) is 0 Å². The minimum absolute atomic E-state index is 0.247. The molecule has 3 aromatic carbocycles. The van der Waals surface area contributed by atoms with Gasteiger partial charge in [0.2, 0.25) is 0 Å². The van der Waals surface area contributed by atoms with E-state index in [4.69, 9.17) is 9.47 Å². The summed E-state index contributed by atoms with van der Waals surface area (Å²) in [4.78, 5) is 0. The van der Waals surface area contributed by atoms with Gasteiger partial charge in [-0.25, -0.2) is 0 Å². The Hall–Kier alpha value is -2.32. The van der Waals surface area contributed by atoms with Crippen LogP contribution in [0.3, 0.4) is 0 Å². The second-order valence-electron chi connectivity index (χ2n) is 9.61. The maximum absolute atomic E-state index is 11.6. The van der Waals surface area contributed by atoms with Crippen LogP contribution in [-0.4, -0.2) is 53.9 Å². The molecule has 0 aliphatic heterocycles. The number of aliphatic hydroxyl groups excluding tert-OH is 3. The third kappa shape index (κ3) is 5.33. The number of ether oxygens (including phenoxy) is 2. The number of benzene rings is 3. The summed E-state index contributed by atoms with van der Waals surface area (Å²) >= 11 is 0. The Morgan fingerprint density at radius 2 is 1.00 bits per heavy atom. The molecule has 3 aromatic rings. The largest absolute Gasteiger partial charge is 0.390 e. The van der Waals surface area contributed by atoms with E-state index >= 15 is 0 Å². The third-order valence-electron chi connectivity index (χ3n) is 7.00. The standard InChI is InChI=1S/C28H34O5Si/c1-34(2,22-16-10-5-11-17-22)28-24(30)23(29)26(32-18-20-12-6-3-7-13-20)27(25(28)31)33-19-21-14-8-4-9-15-21/h3-17,23-31H,18-19H2,1-2H3/t23-,24+,25+,26+,27+,28-/m0/s1. The number of rotatable bonds is 8. The van der Waals surface area contributed by atoms with Crippen molar-refractivity contribution in [2.24, 2.45) is 0 Å². The molecule has 1 fully saturated rings. The fraction of sp³-hybridized carbons (Fsp3) is 0.357. The van der Waals surface area contributed by atoms with Crippen LogP contribution < -0.4 is 5.19 Å². The summed E-state index contributed by atoms with van der Waals surface area (Å²) < 4.78 is 12.3. The first kappa shape index (κ1) is 24.8. The van der Waals surface area contributed by atoms with Gasteiger partial charge in [0.15, 0.2) is 0 Å². The van der Waals surface area contributed by atoms with E-state index in [1.54, 1.807) is 0 Å². The molecule has 1 saturated carbocycles. The first-order valence-electron chi connectivity index (χ1n) is 11.8. The van der Waals surface area contributed by atoms with Gasteiger partial charge in [0.1, 0.15) is 18.3 Å². The van der Waals surface area contributed by atoms with Gasteiger partial charge >= 0.3 is 0 Å². The third-order valence-corrected chi connectivity index (χ3v) is 11.2. The van der Waals surface area contributed by atoms with Crippen molar-refractivity contribution in [1.82, 2.24) is 0 Å². The average molecular weight is 479 g/mol. The molecular formula is C28H34O5Si. The summed E-state index contributed by atoms with van der Waals surface area (Å²) in [5, 5.41) is 35.2. The van der Waals surface area contributed by atoms with E-state index in [0.29, 0.717) is 0 Å². The summed E-state index contributed by atoms with van der Waals surface area (Å²) in [5.41, 5.74) is 1.39. The number of aliphatic hydroxyl groups is 3. The van der Waals surface area contributed by atoms with E-state index < -0.39 is 44.1 Å². The zero-order chi connectivity index (χ0) is 24.1. The molecule has 6 heteroatoms. The van der Waals surface area contributed by atoms with E-state index in [-0.39, 0.29) is 13.2 Å². The smallest absolute Gasteiger partial charge is 0.115 e. The lowest BCUT2D eigenvalue weighted by molar-refractivity contribution is -0.216. The Bertz CT molecular complexity index is 1010. The Balaban J connectivity index is 1.61. The first-order chi connectivity index (χ1) is 16.4. The van der Waals surface area contributed by atoms with Gasteiger partial charge in [-0.15, -0.1) is 0 Å².